The molecule has 284 valence electrons. The zero-order chi connectivity index (χ0) is 40.8. The van der Waals surface area contributed by atoms with Crippen LogP contribution in [0.25, 0.3) is 79.2 Å². The summed E-state index contributed by atoms with van der Waals surface area (Å²) >= 11 is 0. The fraction of sp³-hybridized carbons (Fsp3) is 0.127. The predicted octanol–water partition coefficient (Wildman–Crippen LogP) is 14.5. The fourth-order valence-corrected chi connectivity index (χ4v) is 8.39. The summed E-state index contributed by atoms with van der Waals surface area (Å²) in [6, 6.07) is 58.2. The predicted molar refractivity (Wildman–Crippen MR) is 247 cm³/mol. The number of hydrogen-bond donors (Lipinski definition) is 0. The van der Waals surface area contributed by atoms with Gasteiger partial charge in [-0.15, -0.1) is 12.8 Å². The molecular formula is C55H49N3. The first-order valence-corrected chi connectivity index (χ1v) is 20.1. The summed E-state index contributed by atoms with van der Waals surface area (Å²) in [5.74, 6) is 0.703. The summed E-state index contributed by atoms with van der Waals surface area (Å²) in [6.45, 7) is 15.3. The minimum atomic E-state index is -0.134. The Bertz CT molecular complexity index is 2700. The van der Waals surface area contributed by atoms with Crippen LogP contribution in [0.15, 0.2) is 170 Å². The van der Waals surface area contributed by atoms with E-state index in [2.05, 4.69) is 184 Å². The molecule has 0 saturated heterocycles. The van der Waals surface area contributed by atoms with E-state index in [0.717, 1.165) is 45.9 Å². The monoisotopic (exact) mass is 751 g/mol. The Morgan fingerprint density at radius 3 is 1.59 bits per heavy atom. The second-order valence-electron chi connectivity index (χ2n) is 14.4. The Morgan fingerprint density at radius 2 is 1.03 bits per heavy atom. The van der Waals surface area contributed by atoms with Crippen molar-refractivity contribution in [3.05, 3.63) is 193 Å². The molecule has 0 aliphatic heterocycles. The van der Waals surface area contributed by atoms with Crippen LogP contribution < -0.4 is 0 Å². The van der Waals surface area contributed by atoms with Crippen LogP contribution in [0.4, 0.5) is 0 Å². The highest BCUT2D eigenvalue weighted by Gasteiger charge is 2.38. The van der Waals surface area contributed by atoms with E-state index in [1.165, 1.54) is 50.2 Å². The van der Waals surface area contributed by atoms with Gasteiger partial charge in [-0.25, -0.2) is 9.97 Å². The van der Waals surface area contributed by atoms with Gasteiger partial charge in [0.25, 0.3) is 0 Å². The lowest BCUT2D eigenvalue weighted by Gasteiger charge is -2.32. The average Bonchev–Trinajstić information content (AvgIpc) is 3.56. The molecule has 1 aliphatic carbocycles. The normalized spacial score (nSPS) is 13.6. The third kappa shape index (κ3) is 6.88. The van der Waals surface area contributed by atoms with Gasteiger partial charge in [-0.3, -0.25) is 0 Å². The number of hydrogen-bond acceptors (Lipinski definition) is 2. The topological polar surface area (TPSA) is 30.7 Å². The summed E-state index contributed by atoms with van der Waals surface area (Å²) in [7, 11) is 0. The molecule has 3 heteroatoms. The molecule has 1 aliphatic rings. The van der Waals surface area contributed by atoms with Gasteiger partial charge in [0.15, 0.2) is 5.82 Å². The minimum absolute atomic E-state index is 0.134. The molecule has 0 radical (unpaired) electrons. The van der Waals surface area contributed by atoms with Gasteiger partial charge in [0.05, 0.1) is 17.1 Å². The summed E-state index contributed by atoms with van der Waals surface area (Å²) in [6.07, 6.45) is 11.0. The van der Waals surface area contributed by atoms with E-state index in [-0.39, 0.29) is 5.41 Å². The summed E-state index contributed by atoms with van der Waals surface area (Å²) in [5.41, 5.74) is 18.2. The standard InChI is InChI=1S/C51H41N3.C2H6.C2H2/c1-5-47-34(3)48-41-21-13-15-23-43(41)51(4,6-2)44-24-16-14-22-42(44)49(48)54(47)40-31-29-38(30-32-40)46-33-45(52-50(53-46)39-19-11-8-12-20-39)37-27-25-36(26-28-37)35-17-9-7-10-18-35;2*1-2/h5,7-33H,1,6H2,2-4H3;1-2H3;1-2H. The number of nitrogens with zero attached hydrogens (tertiary/aromatic N) is 3. The lowest BCUT2D eigenvalue weighted by atomic mass is 9.72. The molecule has 8 aromatic rings. The van der Waals surface area contributed by atoms with Crippen LogP contribution in [0, 0.1) is 19.8 Å². The van der Waals surface area contributed by atoms with Crippen LogP contribution in [0.2, 0.25) is 0 Å². The summed E-state index contributed by atoms with van der Waals surface area (Å²) in [5, 5.41) is 0. The van der Waals surface area contributed by atoms with E-state index in [1.807, 2.05) is 44.2 Å². The maximum atomic E-state index is 5.13. The molecule has 0 N–H and O–H groups in total. The Balaban J connectivity index is 0.00000124. The number of benzene rings is 6. The van der Waals surface area contributed by atoms with Gasteiger partial charge in [-0.05, 0) is 71.0 Å². The van der Waals surface area contributed by atoms with Crippen LogP contribution in [-0.2, 0) is 5.41 Å². The van der Waals surface area contributed by atoms with Crippen molar-refractivity contribution < 1.29 is 0 Å². The Labute approximate surface area is 344 Å². The van der Waals surface area contributed by atoms with Crippen molar-refractivity contribution in [2.75, 3.05) is 0 Å². The van der Waals surface area contributed by atoms with Gasteiger partial charge >= 0.3 is 0 Å². The van der Waals surface area contributed by atoms with Crippen LogP contribution >= 0.6 is 0 Å². The number of fused-ring (bicyclic) bond motifs is 5. The Morgan fingerprint density at radius 1 is 0.586 bits per heavy atom. The molecular weight excluding hydrogens is 703 g/mol. The quantitative estimate of drug-likeness (QED) is 0.152. The van der Waals surface area contributed by atoms with E-state index >= 15 is 0 Å². The molecule has 0 amide bonds. The third-order valence-electron chi connectivity index (χ3n) is 11.4. The van der Waals surface area contributed by atoms with Gasteiger partial charge < -0.3 is 4.57 Å². The Kier molecular flexibility index (Phi) is 11.5. The molecule has 1 atom stereocenters. The largest absolute Gasteiger partial charge is 0.309 e. The molecule has 0 saturated carbocycles. The molecule has 0 fully saturated rings. The van der Waals surface area contributed by atoms with Crippen molar-refractivity contribution in [1.29, 1.82) is 0 Å². The number of aromatic nitrogens is 3. The molecule has 6 aromatic carbocycles. The highest BCUT2D eigenvalue weighted by Crippen LogP contribution is 2.53. The second-order valence-corrected chi connectivity index (χ2v) is 14.4. The van der Waals surface area contributed by atoms with Gasteiger partial charge in [-0.1, -0.05) is 180 Å². The highest BCUT2D eigenvalue weighted by atomic mass is 15.0. The lowest BCUT2D eigenvalue weighted by Crippen LogP contribution is -2.23. The fourth-order valence-electron chi connectivity index (χ4n) is 8.39. The van der Waals surface area contributed by atoms with E-state index in [4.69, 9.17) is 9.97 Å². The van der Waals surface area contributed by atoms with Crippen LogP contribution in [0.3, 0.4) is 0 Å². The van der Waals surface area contributed by atoms with Crippen molar-refractivity contribution in [3.63, 3.8) is 0 Å². The molecule has 58 heavy (non-hydrogen) atoms. The first-order chi connectivity index (χ1) is 28.5. The molecule has 3 nitrogen and oxygen atoms in total. The third-order valence-corrected chi connectivity index (χ3v) is 11.4. The SMILES string of the molecule is C#C.C=Cc1c(C)c2c(n1-c1ccc(-c3cc(-c4ccc(-c5ccccc5)cc4)nc(-c4ccccc4)n3)cc1)-c1ccccc1C(C)(CC)c1ccccc1-2.CC. The zero-order valence-electron chi connectivity index (χ0n) is 34.1. The van der Waals surface area contributed by atoms with Crippen LogP contribution in [0.1, 0.15) is 56.5 Å². The van der Waals surface area contributed by atoms with Crippen LogP contribution in [-0.4, -0.2) is 14.5 Å². The summed E-state index contributed by atoms with van der Waals surface area (Å²) < 4.78 is 2.41. The highest BCUT2D eigenvalue weighted by molar-refractivity contribution is 5.94. The Hall–Kier alpha value is -7.02. The van der Waals surface area contributed by atoms with E-state index in [1.54, 1.807) is 0 Å². The molecule has 2 aromatic heterocycles. The van der Waals surface area contributed by atoms with E-state index in [0.29, 0.717) is 5.82 Å². The minimum Gasteiger partial charge on any atom is -0.309 e. The molecule has 2 heterocycles. The van der Waals surface area contributed by atoms with Crippen molar-refractivity contribution in [3.8, 4) is 85.9 Å². The molecule has 0 bridgehead atoms. The maximum Gasteiger partial charge on any atom is 0.160 e. The van der Waals surface area contributed by atoms with E-state index in [9.17, 15) is 0 Å². The smallest absolute Gasteiger partial charge is 0.160 e. The summed E-state index contributed by atoms with van der Waals surface area (Å²) in [4.78, 5) is 10.2. The van der Waals surface area contributed by atoms with Crippen molar-refractivity contribution in [1.82, 2.24) is 14.5 Å². The van der Waals surface area contributed by atoms with Gasteiger partial charge in [0.1, 0.15) is 0 Å². The first kappa shape index (κ1) is 39.2. The van der Waals surface area contributed by atoms with Crippen molar-refractivity contribution in [2.45, 2.75) is 46.5 Å². The lowest BCUT2D eigenvalue weighted by molar-refractivity contribution is 0.554. The second kappa shape index (κ2) is 17.0. The van der Waals surface area contributed by atoms with Gasteiger partial charge in [0, 0.05) is 44.6 Å². The molecule has 9 rings (SSSR count). The first-order valence-electron chi connectivity index (χ1n) is 20.1. The molecule has 1 unspecified atom stereocenters. The van der Waals surface area contributed by atoms with Crippen molar-refractivity contribution in [2.24, 2.45) is 0 Å². The maximum absolute atomic E-state index is 5.13. The molecule has 0 spiro atoms. The van der Waals surface area contributed by atoms with Crippen LogP contribution in [0.5, 0.6) is 0 Å². The average molecular weight is 752 g/mol. The van der Waals surface area contributed by atoms with Crippen molar-refractivity contribution >= 4 is 6.08 Å². The van der Waals surface area contributed by atoms with Gasteiger partial charge in [-0.2, -0.15) is 0 Å². The zero-order valence-corrected chi connectivity index (χ0v) is 34.1. The van der Waals surface area contributed by atoms with Gasteiger partial charge in [0.2, 0.25) is 0 Å². The number of rotatable bonds is 7. The number of terminal acetylenes is 1. The van der Waals surface area contributed by atoms with E-state index < -0.39 is 0 Å².